The maximum atomic E-state index is 12.5. The SMILES string of the molecule is Cc1noc(C)c1COc1ccc(C(=O)Nc2ccc(N3CCCS3(O)O)cc2)cc1. The van der Waals surface area contributed by atoms with Crippen molar-refractivity contribution in [2.75, 3.05) is 21.9 Å². The van der Waals surface area contributed by atoms with E-state index in [-0.39, 0.29) is 5.91 Å². The van der Waals surface area contributed by atoms with Crippen molar-refractivity contribution in [3.8, 4) is 5.75 Å². The highest BCUT2D eigenvalue weighted by Crippen LogP contribution is 2.50. The van der Waals surface area contributed by atoms with Gasteiger partial charge in [0.1, 0.15) is 18.1 Å². The number of aromatic nitrogens is 1. The number of benzene rings is 2. The lowest BCUT2D eigenvalue weighted by Gasteiger charge is -2.38. The first-order valence-electron chi connectivity index (χ1n) is 9.93. The Morgan fingerprint density at radius 1 is 1.16 bits per heavy atom. The van der Waals surface area contributed by atoms with Crippen molar-refractivity contribution in [1.29, 1.82) is 0 Å². The Kier molecular flexibility index (Phi) is 5.90. The molecular formula is C22H25N3O5S. The zero-order valence-electron chi connectivity index (χ0n) is 17.4. The van der Waals surface area contributed by atoms with Gasteiger partial charge in [-0.3, -0.25) is 18.2 Å². The third-order valence-corrected chi connectivity index (χ3v) is 7.16. The molecule has 0 spiro atoms. The van der Waals surface area contributed by atoms with Crippen LogP contribution in [-0.4, -0.2) is 32.5 Å². The molecule has 2 heterocycles. The van der Waals surface area contributed by atoms with Gasteiger partial charge in [0.05, 0.1) is 22.7 Å². The molecule has 0 bridgehead atoms. The molecular weight excluding hydrogens is 418 g/mol. The van der Waals surface area contributed by atoms with Crippen molar-refractivity contribution in [3.63, 3.8) is 0 Å². The number of aryl methyl sites for hydroxylation is 2. The summed E-state index contributed by atoms with van der Waals surface area (Å²) < 4.78 is 32.7. The van der Waals surface area contributed by atoms with E-state index < -0.39 is 10.8 Å². The van der Waals surface area contributed by atoms with Crippen LogP contribution >= 0.6 is 10.8 Å². The minimum absolute atomic E-state index is 0.240. The van der Waals surface area contributed by atoms with E-state index in [2.05, 4.69) is 10.5 Å². The molecule has 1 amide bonds. The molecule has 1 saturated heterocycles. The summed E-state index contributed by atoms with van der Waals surface area (Å²) >= 11 is 0. The fraction of sp³-hybridized carbons (Fsp3) is 0.273. The lowest BCUT2D eigenvalue weighted by molar-refractivity contribution is 0.102. The molecule has 8 nitrogen and oxygen atoms in total. The summed E-state index contributed by atoms with van der Waals surface area (Å²) in [5.74, 6) is 1.53. The summed E-state index contributed by atoms with van der Waals surface area (Å²) in [6.45, 7) is 4.67. The molecule has 1 fully saturated rings. The van der Waals surface area contributed by atoms with Crippen LogP contribution in [0.15, 0.2) is 53.1 Å². The van der Waals surface area contributed by atoms with Gasteiger partial charge in [-0.05, 0) is 68.8 Å². The highest BCUT2D eigenvalue weighted by atomic mass is 32.3. The fourth-order valence-electron chi connectivity index (χ4n) is 3.44. The van der Waals surface area contributed by atoms with Crippen molar-refractivity contribution >= 4 is 28.1 Å². The topological polar surface area (TPSA) is 108 Å². The molecule has 164 valence electrons. The number of anilines is 2. The van der Waals surface area contributed by atoms with Crippen molar-refractivity contribution < 1.29 is 23.2 Å². The van der Waals surface area contributed by atoms with Gasteiger partial charge in [-0.1, -0.05) is 5.16 Å². The van der Waals surface area contributed by atoms with E-state index in [1.165, 1.54) is 0 Å². The van der Waals surface area contributed by atoms with Gasteiger partial charge < -0.3 is 14.6 Å². The lowest BCUT2D eigenvalue weighted by Crippen LogP contribution is -2.21. The van der Waals surface area contributed by atoms with E-state index in [9.17, 15) is 13.9 Å². The van der Waals surface area contributed by atoms with Gasteiger partial charge in [-0.25, -0.2) is 0 Å². The van der Waals surface area contributed by atoms with E-state index in [0.29, 0.717) is 35.9 Å². The van der Waals surface area contributed by atoms with Crippen molar-refractivity contribution in [1.82, 2.24) is 5.16 Å². The molecule has 1 aliphatic rings. The molecule has 0 aliphatic carbocycles. The zero-order chi connectivity index (χ0) is 22.0. The second-order valence-corrected chi connectivity index (χ2v) is 9.52. The molecule has 0 saturated carbocycles. The minimum atomic E-state index is -2.72. The summed E-state index contributed by atoms with van der Waals surface area (Å²) in [5, 5.41) is 6.75. The van der Waals surface area contributed by atoms with Crippen molar-refractivity contribution in [3.05, 3.63) is 71.1 Å². The quantitative estimate of drug-likeness (QED) is 0.492. The predicted octanol–water partition coefficient (Wildman–Crippen LogP) is 5.00. The smallest absolute Gasteiger partial charge is 0.255 e. The second-order valence-electron chi connectivity index (χ2n) is 7.41. The van der Waals surface area contributed by atoms with E-state index in [1.54, 1.807) is 52.8 Å². The molecule has 3 aromatic rings. The maximum Gasteiger partial charge on any atom is 0.255 e. The lowest BCUT2D eigenvalue weighted by atomic mass is 10.2. The molecule has 2 aromatic carbocycles. The Morgan fingerprint density at radius 3 is 2.45 bits per heavy atom. The van der Waals surface area contributed by atoms with Crippen molar-refractivity contribution in [2.45, 2.75) is 26.9 Å². The zero-order valence-corrected chi connectivity index (χ0v) is 18.2. The molecule has 9 heteroatoms. The number of carbonyl (C=O) groups excluding carboxylic acids is 1. The van der Waals surface area contributed by atoms with Gasteiger partial charge in [0, 0.05) is 17.8 Å². The minimum Gasteiger partial charge on any atom is -0.489 e. The molecule has 0 radical (unpaired) electrons. The van der Waals surface area contributed by atoms with Crippen LogP contribution in [0.3, 0.4) is 0 Å². The Balaban J connectivity index is 1.35. The van der Waals surface area contributed by atoms with Crippen LogP contribution < -0.4 is 14.4 Å². The average molecular weight is 444 g/mol. The maximum absolute atomic E-state index is 12.5. The molecule has 3 N–H and O–H groups in total. The van der Waals surface area contributed by atoms with Crippen molar-refractivity contribution in [2.24, 2.45) is 0 Å². The van der Waals surface area contributed by atoms with Crippen LogP contribution in [0.1, 0.15) is 33.8 Å². The standard InChI is InChI=1S/C22H25N3O5S/c1-15-21(16(2)30-24-15)14-29-20-10-4-17(5-11-20)22(26)23-18-6-8-19(9-7-18)25-12-3-13-31(25,27)28/h4-11,27-28H,3,12-14H2,1-2H3,(H,23,26). The van der Waals surface area contributed by atoms with Crippen LogP contribution in [-0.2, 0) is 6.61 Å². The summed E-state index contributed by atoms with van der Waals surface area (Å²) in [7, 11) is -2.72. The van der Waals surface area contributed by atoms with Crippen LogP contribution in [0.4, 0.5) is 11.4 Å². The van der Waals surface area contributed by atoms with Crippen LogP contribution in [0, 0.1) is 13.8 Å². The van der Waals surface area contributed by atoms with E-state index in [0.717, 1.165) is 29.1 Å². The van der Waals surface area contributed by atoms with E-state index in [4.69, 9.17) is 9.26 Å². The third kappa shape index (κ3) is 4.68. The van der Waals surface area contributed by atoms with Gasteiger partial charge >= 0.3 is 0 Å². The second kappa shape index (κ2) is 8.62. The number of hydrogen-bond acceptors (Lipinski definition) is 7. The molecule has 0 atom stereocenters. The predicted molar refractivity (Wildman–Crippen MR) is 121 cm³/mol. The van der Waals surface area contributed by atoms with Crippen LogP contribution in [0.5, 0.6) is 5.75 Å². The first kappa shape index (κ1) is 21.2. The molecule has 31 heavy (non-hydrogen) atoms. The van der Waals surface area contributed by atoms with Crippen LogP contribution in [0.2, 0.25) is 0 Å². The summed E-state index contributed by atoms with van der Waals surface area (Å²) in [6.07, 6.45) is 0.749. The van der Waals surface area contributed by atoms with Gasteiger partial charge in [-0.15, -0.1) is 10.8 Å². The number of amides is 1. The highest BCUT2D eigenvalue weighted by molar-refractivity contribution is 8.25. The number of nitrogens with one attached hydrogen (secondary N) is 1. The highest BCUT2D eigenvalue weighted by Gasteiger charge is 2.28. The van der Waals surface area contributed by atoms with Gasteiger partial charge in [0.25, 0.3) is 5.91 Å². The van der Waals surface area contributed by atoms with Gasteiger partial charge in [0.15, 0.2) is 0 Å². The third-order valence-electron chi connectivity index (χ3n) is 5.23. The molecule has 0 unspecified atom stereocenters. The Morgan fingerprint density at radius 2 is 1.87 bits per heavy atom. The number of carbonyl (C=O) groups is 1. The Labute approximate surface area is 182 Å². The average Bonchev–Trinajstić information content (AvgIpc) is 3.27. The summed E-state index contributed by atoms with van der Waals surface area (Å²) in [5.41, 5.74) is 3.58. The van der Waals surface area contributed by atoms with E-state index >= 15 is 0 Å². The Hall–Kier alpha value is -3.01. The van der Waals surface area contributed by atoms with Crippen LogP contribution in [0.25, 0.3) is 0 Å². The number of nitrogens with zero attached hydrogens (tertiary/aromatic N) is 2. The largest absolute Gasteiger partial charge is 0.489 e. The number of rotatable bonds is 6. The summed E-state index contributed by atoms with van der Waals surface area (Å²) in [6, 6.07) is 14.0. The number of hydrogen-bond donors (Lipinski definition) is 3. The molecule has 1 aliphatic heterocycles. The normalized spacial score (nSPS) is 16.2. The number of ether oxygens (including phenoxy) is 1. The summed E-state index contributed by atoms with van der Waals surface area (Å²) in [4.78, 5) is 12.5. The molecule has 4 rings (SSSR count). The van der Waals surface area contributed by atoms with Gasteiger partial charge in [0.2, 0.25) is 0 Å². The first-order valence-corrected chi connectivity index (χ1v) is 11.6. The Bertz CT molecular complexity index is 1040. The van der Waals surface area contributed by atoms with E-state index in [1.807, 2.05) is 13.8 Å². The van der Waals surface area contributed by atoms with Gasteiger partial charge in [-0.2, -0.15) is 0 Å². The monoisotopic (exact) mass is 443 g/mol. The molecule has 1 aromatic heterocycles. The first-order chi connectivity index (χ1) is 14.8. The fourth-order valence-corrected chi connectivity index (χ4v) is 5.05.